The fourth-order valence-corrected chi connectivity index (χ4v) is 3.45. The number of carbonyl (C=O) groups is 5. The van der Waals surface area contributed by atoms with E-state index in [0.29, 0.717) is 5.56 Å². The molecule has 2 aromatic rings. The number of carboxylic acids is 1. The number of hydrazone groups is 1. The molecule has 2 atom stereocenters. The van der Waals surface area contributed by atoms with E-state index in [9.17, 15) is 29.1 Å². The highest BCUT2D eigenvalue weighted by molar-refractivity contribution is 6.06. The molecule has 1 aliphatic rings. The standard InChI is InChI=1S/C24H26N6O7/c25-27-11-16-8-6-15(7-9-16)10-18-21(32)30(23(35)28-18)13-20(31)26-12-19(22(33)34)29-24(36)37-14-17-4-2-1-3-5-17/h1-9,11,18-19H,10,12-14,25H2,(H,26,31)(H,28,35)(H,29,36)(H,33,34). The Morgan fingerprint density at radius 3 is 2.46 bits per heavy atom. The van der Waals surface area contributed by atoms with Crippen molar-refractivity contribution in [3.05, 3.63) is 71.3 Å². The number of nitrogens with zero attached hydrogens (tertiary/aromatic N) is 2. The van der Waals surface area contributed by atoms with Gasteiger partial charge in [0.15, 0.2) is 0 Å². The summed E-state index contributed by atoms with van der Waals surface area (Å²) in [6.07, 6.45) is 0.689. The Morgan fingerprint density at radius 2 is 1.81 bits per heavy atom. The van der Waals surface area contributed by atoms with Crippen molar-refractivity contribution in [2.45, 2.75) is 25.1 Å². The second kappa shape index (κ2) is 12.7. The number of imide groups is 1. The van der Waals surface area contributed by atoms with Crippen molar-refractivity contribution in [3.8, 4) is 0 Å². The van der Waals surface area contributed by atoms with Crippen LogP contribution in [0.3, 0.4) is 0 Å². The van der Waals surface area contributed by atoms with Gasteiger partial charge in [0.2, 0.25) is 5.91 Å². The number of hydrogen-bond acceptors (Lipinski definition) is 8. The smallest absolute Gasteiger partial charge is 0.408 e. The highest BCUT2D eigenvalue weighted by Crippen LogP contribution is 2.13. The lowest BCUT2D eigenvalue weighted by atomic mass is 10.0. The molecule has 1 heterocycles. The first-order valence-corrected chi connectivity index (χ1v) is 11.2. The van der Waals surface area contributed by atoms with E-state index in [0.717, 1.165) is 16.0 Å². The number of carbonyl (C=O) groups excluding carboxylic acids is 4. The molecular formula is C24H26N6O7. The number of nitrogens with two attached hydrogens (primary N) is 1. The second-order valence-electron chi connectivity index (χ2n) is 8.05. The topological polar surface area (TPSA) is 193 Å². The fraction of sp³-hybridized carbons (Fsp3) is 0.250. The van der Waals surface area contributed by atoms with Gasteiger partial charge in [-0.05, 0) is 16.7 Å². The third-order valence-electron chi connectivity index (χ3n) is 5.36. The molecule has 3 rings (SSSR count). The first-order valence-electron chi connectivity index (χ1n) is 11.2. The Kier molecular flexibility index (Phi) is 9.13. The number of rotatable bonds is 11. The van der Waals surface area contributed by atoms with Crippen LogP contribution in [0.15, 0.2) is 59.7 Å². The van der Waals surface area contributed by atoms with Crippen LogP contribution in [0.4, 0.5) is 9.59 Å². The minimum atomic E-state index is -1.49. The third-order valence-corrected chi connectivity index (χ3v) is 5.36. The van der Waals surface area contributed by atoms with E-state index in [1.807, 2.05) is 0 Å². The van der Waals surface area contributed by atoms with Crippen molar-refractivity contribution >= 4 is 36.1 Å². The minimum Gasteiger partial charge on any atom is -0.480 e. The number of urea groups is 1. The number of benzene rings is 2. The number of amides is 5. The zero-order chi connectivity index (χ0) is 26.8. The van der Waals surface area contributed by atoms with E-state index < -0.39 is 55.1 Å². The van der Waals surface area contributed by atoms with Crippen LogP contribution in [-0.4, -0.2) is 71.3 Å². The first-order chi connectivity index (χ1) is 17.8. The van der Waals surface area contributed by atoms with Crippen LogP contribution in [0, 0.1) is 0 Å². The number of alkyl carbamates (subject to hydrolysis) is 1. The van der Waals surface area contributed by atoms with Gasteiger partial charge in [-0.25, -0.2) is 14.4 Å². The number of aliphatic carboxylic acids is 1. The van der Waals surface area contributed by atoms with Gasteiger partial charge in [-0.1, -0.05) is 54.6 Å². The van der Waals surface area contributed by atoms with Gasteiger partial charge >= 0.3 is 18.1 Å². The van der Waals surface area contributed by atoms with Crippen LogP contribution in [0.1, 0.15) is 16.7 Å². The maximum atomic E-state index is 12.7. The summed E-state index contributed by atoms with van der Waals surface area (Å²) in [5, 5.41) is 19.8. The third kappa shape index (κ3) is 7.78. The molecule has 194 valence electrons. The first kappa shape index (κ1) is 26.7. The highest BCUT2D eigenvalue weighted by atomic mass is 16.5. The molecule has 13 nitrogen and oxygen atoms in total. The SMILES string of the molecule is NN=Cc1ccc(CC2NC(=O)N(CC(=O)NCC(NC(=O)OCc3ccccc3)C(=O)O)C2=O)cc1. The molecule has 13 heteroatoms. The zero-order valence-electron chi connectivity index (χ0n) is 19.6. The van der Waals surface area contributed by atoms with Crippen LogP contribution in [0.2, 0.25) is 0 Å². The normalized spacial score (nSPS) is 15.8. The molecule has 1 aliphatic heterocycles. The molecule has 1 saturated heterocycles. The molecule has 1 fully saturated rings. The monoisotopic (exact) mass is 510 g/mol. The Hall–Kier alpha value is -4.94. The molecule has 5 amide bonds. The lowest BCUT2D eigenvalue weighted by Crippen LogP contribution is -2.50. The van der Waals surface area contributed by atoms with Gasteiger partial charge in [0.05, 0.1) is 6.21 Å². The highest BCUT2D eigenvalue weighted by Gasteiger charge is 2.39. The number of carboxylic acid groups (broad SMARTS) is 1. The van der Waals surface area contributed by atoms with Crippen LogP contribution in [-0.2, 0) is 32.1 Å². The van der Waals surface area contributed by atoms with Crippen molar-refractivity contribution < 1.29 is 33.8 Å². The van der Waals surface area contributed by atoms with Crippen molar-refractivity contribution in [2.75, 3.05) is 13.1 Å². The van der Waals surface area contributed by atoms with Crippen LogP contribution in [0.5, 0.6) is 0 Å². The van der Waals surface area contributed by atoms with E-state index in [1.54, 1.807) is 54.6 Å². The molecular weight excluding hydrogens is 484 g/mol. The predicted molar refractivity (Wildman–Crippen MR) is 130 cm³/mol. The molecule has 0 aliphatic carbocycles. The van der Waals surface area contributed by atoms with Crippen molar-refractivity contribution in [3.63, 3.8) is 0 Å². The summed E-state index contributed by atoms with van der Waals surface area (Å²) in [5.41, 5.74) is 2.25. The summed E-state index contributed by atoms with van der Waals surface area (Å²) in [5.74, 6) is 2.33. The maximum absolute atomic E-state index is 12.7. The van der Waals surface area contributed by atoms with Gasteiger partial charge in [0.25, 0.3) is 5.91 Å². The molecule has 2 unspecified atom stereocenters. The van der Waals surface area contributed by atoms with E-state index >= 15 is 0 Å². The number of hydrogen-bond donors (Lipinski definition) is 5. The van der Waals surface area contributed by atoms with Crippen LogP contribution < -0.4 is 21.8 Å². The summed E-state index contributed by atoms with van der Waals surface area (Å²) in [4.78, 5) is 61.4. The summed E-state index contributed by atoms with van der Waals surface area (Å²) in [6, 6.07) is 12.7. The Morgan fingerprint density at radius 1 is 1.11 bits per heavy atom. The molecule has 0 spiro atoms. The zero-order valence-corrected chi connectivity index (χ0v) is 19.6. The molecule has 2 aromatic carbocycles. The lowest BCUT2D eigenvalue weighted by Gasteiger charge is -2.17. The van der Waals surface area contributed by atoms with Gasteiger partial charge in [0.1, 0.15) is 25.2 Å². The molecule has 0 radical (unpaired) electrons. The minimum absolute atomic E-state index is 0.0647. The largest absolute Gasteiger partial charge is 0.480 e. The van der Waals surface area contributed by atoms with E-state index in [-0.39, 0.29) is 13.0 Å². The summed E-state index contributed by atoms with van der Waals surface area (Å²) in [6.45, 7) is -1.16. The van der Waals surface area contributed by atoms with Crippen molar-refractivity contribution in [2.24, 2.45) is 10.9 Å². The Labute approximate surface area is 211 Å². The van der Waals surface area contributed by atoms with Crippen LogP contribution >= 0.6 is 0 Å². The number of ether oxygens (including phenoxy) is 1. The van der Waals surface area contributed by atoms with Gasteiger partial charge in [-0.2, -0.15) is 5.10 Å². The maximum Gasteiger partial charge on any atom is 0.408 e. The quantitative estimate of drug-likeness (QED) is 0.120. The molecule has 37 heavy (non-hydrogen) atoms. The van der Waals surface area contributed by atoms with Crippen LogP contribution in [0.25, 0.3) is 0 Å². The second-order valence-corrected chi connectivity index (χ2v) is 8.05. The van der Waals surface area contributed by atoms with E-state index in [4.69, 9.17) is 10.6 Å². The van der Waals surface area contributed by atoms with Gasteiger partial charge < -0.3 is 31.6 Å². The average molecular weight is 511 g/mol. The summed E-state index contributed by atoms with van der Waals surface area (Å²) < 4.78 is 4.99. The predicted octanol–water partition coefficient (Wildman–Crippen LogP) is -0.0621. The Bertz CT molecular complexity index is 1170. The fourth-order valence-electron chi connectivity index (χ4n) is 3.45. The van der Waals surface area contributed by atoms with Crippen molar-refractivity contribution in [1.29, 1.82) is 0 Å². The van der Waals surface area contributed by atoms with Gasteiger partial charge in [-0.3, -0.25) is 14.5 Å². The van der Waals surface area contributed by atoms with Gasteiger partial charge in [0, 0.05) is 13.0 Å². The Balaban J connectivity index is 1.47. The molecule has 6 N–H and O–H groups in total. The molecule has 0 aromatic heterocycles. The average Bonchev–Trinajstić information content (AvgIpc) is 3.14. The molecule has 0 bridgehead atoms. The molecule has 0 saturated carbocycles. The summed E-state index contributed by atoms with van der Waals surface area (Å²) in [7, 11) is 0. The van der Waals surface area contributed by atoms with Crippen molar-refractivity contribution in [1.82, 2.24) is 20.9 Å². The summed E-state index contributed by atoms with van der Waals surface area (Å²) >= 11 is 0. The van der Waals surface area contributed by atoms with E-state index in [2.05, 4.69) is 21.1 Å². The number of nitrogens with one attached hydrogen (secondary N) is 3. The van der Waals surface area contributed by atoms with Gasteiger partial charge in [-0.15, -0.1) is 0 Å². The van der Waals surface area contributed by atoms with E-state index in [1.165, 1.54) is 6.21 Å². The lowest BCUT2D eigenvalue weighted by molar-refractivity contribution is -0.139.